The van der Waals surface area contributed by atoms with Crippen molar-refractivity contribution in [3.05, 3.63) is 39.9 Å². The van der Waals surface area contributed by atoms with Gasteiger partial charge in [0.05, 0.1) is 6.42 Å². The molecule has 0 radical (unpaired) electrons. The fourth-order valence-corrected chi connectivity index (χ4v) is 2.46. The molecule has 84 valence electrons. The van der Waals surface area contributed by atoms with E-state index in [0.29, 0.717) is 28.3 Å². The number of hydrogen-bond donors (Lipinski definition) is 0. The zero-order valence-electron chi connectivity index (χ0n) is 8.35. The zero-order chi connectivity index (χ0) is 11.4. The van der Waals surface area contributed by atoms with Crippen LogP contribution in [0.1, 0.15) is 10.8 Å². The number of nitrogens with zero attached hydrogens (tertiary/aromatic N) is 2. The summed E-state index contributed by atoms with van der Waals surface area (Å²) in [4.78, 5) is 1.21. The van der Waals surface area contributed by atoms with Gasteiger partial charge in [-0.05, 0) is 11.4 Å². The van der Waals surface area contributed by atoms with Crippen molar-refractivity contribution in [2.75, 3.05) is 5.75 Å². The number of halogens is 1. The number of hydrogen-bond acceptors (Lipinski definition) is 5. The van der Waals surface area contributed by atoms with E-state index < -0.39 is 0 Å². The van der Waals surface area contributed by atoms with Crippen LogP contribution in [0, 0.1) is 0 Å². The minimum atomic E-state index is 0.536. The van der Waals surface area contributed by atoms with Gasteiger partial charge in [0.25, 0.3) is 5.22 Å². The van der Waals surface area contributed by atoms with Crippen LogP contribution in [-0.2, 0) is 6.42 Å². The summed E-state index contributed by atoms with van der Waals surface area (Å²) in [5.41, 5.74) is 0. The third-order valence-corrected chi connectivity index (χ3v) is 3.78. The summed E-state index contributed by atoms with van der Waals surface area (Å²) < 4.78 is 5.46. The first kappa shape index (κ1) is 11.7. The molecule has 2 heterocycles. The highest BCUT2D eigenvalue weighted by molar-refractivity contribution is 7.99. The lowest BCUT2D eigenvalue weighted by molar-refractivity contribution is 0.421. The minimum Gasteiger partial charge on any atom is -0.416 e. The van der Waals surface area contributed by atoms with Gasteiger partial charge < -0.3 is 4.42 Å². The lowest BCUT2D eigenvalue weighted by Crippen LogP contribution is -1.83. The molecule has 2 aromatic heterocycles. The Bertz CT molecular complexity index is 467. The Hall–Kier alpha value is -0.780. The number of thiophene rings is 1. The van der Waals surface area contributed by atoms with Crippen LogP contribution >= 0.6 is 34.7 Å². The van der Waals surface area contributed by atoms with E-state index in [1.54, 1.807) is 11.3 Å². The van der Waals surface area contributed by atoms with Gasteiger partial charge in [0.15, 0.2) is 0 Å². The van der Waals surface area contributed by atoms with E-state index in [-0.39, 0.29) is 0 Å². The van der Waals surface area contributed by atoms with Gasteiger partial charge in [-0.15, -0.1) is 21.5 Å². The van der Waals surface area contributed by atoms with Crippen molar-refractivity contribution in [2.45, 2.75) is 11.6 Å². The summed E-state index contributed by atoms with van der Waals surface area (Å²) in [6.07, 6.45) is 0.688. The average molecular weight is 273 g/mol. The predicted octanol–water partition coefficient (Wildman–Crippen LogP) is 3.57. The van der Waals surface area contributed by atoms with Gasteiger partial charge in [0.1, 0.15) is 0 Å². The van der Waals surface area contributed by atoms with Gasteiger partial charge in [0, 0.05) is 15.7 Å². The van der Waals surface area contributed by atoms with Crippen LogP contribution in [0.5, 0.6) is 0 Å². The standard InChI is InChI=1S/C10H9ClN2OS2/c1-7(11)6-16-10-13-12-9(14-10)5-8-3-2-4-15-8/h2-4H,1,5-6H2. The van der Waals surface area contributed by atoms with E-state index in [1.807, 2.05) is 17.5 Å². The molecule has 0 aliphatic rings. The Labute approximate surface area is 107 Å². The summed E-state index contributed by atoms with van der Waals surface area (Å²) in [5.74, 6) is 1.22. The maximum absolute atomic E-state index is 5.65. The normalized spacial score (nSPS) is 10.6. The fourth-order valence-electron chi connectivity index (χ4n) is 1.07. The first-order valence-electron chi connectivity index (χ1n) is 4.55. The van der Waals surface area contributed by atoms with Crippen LogP contribution in [-0.4, -0.2) is 16.0 Å². The molecule has 16 heavy (non-hydrogen) atoms. The lowest BCUT2D eigenvalue weighted by Gasteiger charge is -1.92. The highest BCUT2D eigenvalue weighted by Gasteiger charge is 2.08. The molecule has 0 amide bonds. The minimum absolute atomic E-state index is 0.536. The maximum Gasteiger partial charge on any atom is 0.276 e. The molecule has 0 unspecified atom stereocenters. The zero-order valence-corrected chi connectivity index (χ0v) is 10.7. The number of aromatic nitrogens is 2. The highest BCUT2D eigenvalue weighted by atomic mass is 35.5. The molecule has 2 rings (SSSR count). The second-order valence-corrected chi connectivity index (χ2v) is 5.52. The fraction of sp³-hybridized carbons (Fsp3) is 0.200. The van der Waals surface area contributed by atoms with Crippen LogP contribution in [0.15, 0.2) is 38.8 Å². The van der Waals surface area contributed by atoms with Crippen molar-refractivity contribution in [2.24, 2.45) is 0 Å². The maximum atomic E-state index is 5.65. The third kappa shape index (κ3) is 3.37. The molecular formula is C10H9ClN2OS2. The molecule has 0 N–H and O–H groups in total. The quantitative estimate of drug-likeness (QED) is 0.780. The molecule has 6 heteroatoms. The van der Waals surface area contributed by atoms with Gasteiger partial charge in [0.2, 0.25) is 5.89 Å². The van der Waals surface area contributed by atoms with Crippen LogP contribution < -0.4 is 0 Å². The highest BCUT2D eigenvalue weighted by Crippen LogP contribution is 2.21. The summed E-state index contributed by atoms with van der Waals surface area (Å²) >= 11 is 8.72. The van der Waals surface area contributed by atoms with Gasteiger partial charge in [-0.1, -0.05) is 36.0 Å². The molecule has 0 atom stereocenters. The van der Waals surface area contributed by atoms with Crippen LogP contribution in [0.25, 0.3) is 0 Å². The van der Waals surface area contributed by atoms with Gasteiger partial charge >= 0.3 is 0 Å². The average Bonchev–Trinajstić information content (AvgIpc) is 2.87. The van der Waals surface area contributed by atoms with E-state index in [9.17, 15) is 0 Å². The van der Waals surface area contributed by atoms with Crippen molar-refractivity contribution in [3.8, 4) is 0 Å². The van der Waals surface area contributed by atoms with Crippen LogP contribution in [0.3, 0.4) is 0 Å². The smallest absolute Gasteiger partial charge is 0.276 e. The molecule has 0 saturated carbocycles. The number of rotatable bonds is 5. The molecule has 0 aromatic carbocycles. The summed E-state index contributed by atoms with van der Waals surface area (Å²) in [6.45, 7) is 3.59. The van der Waals surface area contributed by atoms with Crippen LogP contribution in [0.4, 0.5) is 0 Å². The molecular weight excluding hydrogens is 264 g/mol. The van der Waals surface area contributed by atoms with Crippen molar-refractivity contribution in [3.63, 3.8) is 0 Å². The van der Waals surface area contributed by atoms with Gasteiger partial charge in [-0.25, -0.2) is 0 Å². The van der Waals surface area contributed by atoms with Crippen molar-refractivity contribution < 1.29 is 4.42 Å². The van der Waals surface area contributed by atoms with Crippen molar-refractivity contribution in [1.82, 2.24) is 10.2 Å². The Morgan fingerprint density at radius 2 is 2.44 bits per heavy atom. The molecule has 0 spiro atoms. The molecule has 0 aliphatic heterocycles. The van der Waals surface area contributed by atoms with Crippen LogP contribution in [0.2, 0.25) is 0 Å². The Morgan fingerprint density at radius 3 is 3.12 bits per heavy atom. The first-order valence-corrected chi connectivity index (χ1v) is 6.79. The molecule has 0 saturated heterocycles. The van der Waals surface area contributed by atoms with E-state index in [0.717, 1.165) is 0 Å². The van der Waals surface area contributed by atoms with E-state index in [1.165, 1.54) is 16.6 Å². The predicted molar refractivity (Wildman–Crippen MR) is 67.1 cm³/mol. The lowest BCUT2D eigenvalue weighted by atomic mass is 10.3. The Balaban J connectivity index is 1.94. The van der Waals surface area contributed by atoms with Gasteiger partial charge in [-0.3, -0.25) is 0 Å². The summed E-state index contributed by atoms with van der Waals surface area (Å²) in [5, 5.41) is 11.0. The van der Waals surface area contributed by atoms with Crippen molar-refractivity contribution >= 4 is 34.7 Å². The Morgan fingerprint density at radius 1 is 1.56 bits per heavy atom. The molecule has 0 bridgehead atoms. The molecule has 0 aliphatic carbocycles. The largest absolute Gasteiger partial charge is 0.416 e. The van der Waals surface area contributed by atoms with E-state index in [4.69, 9.17) is 16.0 Å². The first-order chi connectivity index (χ1) is 7.74. The topological polar surface area (TPSA) is 38.9 Å². The molecule has 3 nitrogen and oxygen atoms in total. The second kappa shape index (κ2) is 5.52. The summed E-state index contributed by atoms with van der Waals surface area (Å²) in [7, 11) is 0. The summed E-state index contributed by atoms with van der Waals surface area (Å²) in [6, 6.07) is 4.05. The second-order valence-electron chi connectivity index (χ2n) is 3.02. The third-order valence-electron chi connectivity index (χ3n) is 1.71. The van der Waals surface area contributed by atoms with Gasteiger partial charge in [-0.2, -0.15) is 0 Å². The number of thioether (sulfide) groups is 1. The SMILES string of the molecule is C=C(Cl)CSc1nnc(Cc2cccs2)o1. The van der Waals surface area contributed by atoms with E-state index >= 15 is 0 Å². The molecule has 2 aromatic rings. The Kier molecular flexibility index (Phi) is 4.04. The molecule has 0 fully saturated rings. The van der Waals surface area contributed by atoms with Crippen molar-refractivity contribution in [1.29, 1.82) is 0 Å². The monoisotopic (exact) mass is 272 g/mol. The van der Waals surface area contributed by atoms with E-state index in [2.05, 4.69) is 16.8 Å².